The Morgan fingerprint density at radius 2 is 2.19 bits per heavy atom. The van der Waals surface area contributed by atoms with E-state index in [1.165, 1.54) is 10.7 Å². The summed E-state index contributed by atoms with van der Waals surface area (Å²) in [5.74, 6) is 0.536. The van der Waals surface area contributed by atoms with Crippen LogP contribution >= 0.6 is 0 Å². The zero-order valence-corrected chi connectivity index (χ0v) is 12.9. The Bertz CT molecular complexity index is 749. The first-order valence-corrected chi connectivity index (χ1v) is 8.70. The minimum absolute atomic E-state index is 0.0632. The van der Waals surface area contributed by atoms with E-state index in [9.17, 15) is 8.42 Å². The van der Waals surface area contributed by atoms with E-state index >= 15 is 0 Å². The van der Waals surface area contributed by atoms with E-state index in [1.807, 2.05) is 13.0 Å². The van der Waals surface area contributed by atoms with Crippen LogP contribution in [0.3, 0.4) is 0 Å². The smallest absolute Gasteiger partial charge is 0.262 e. The minimum Gasteiger partial charge on any atom is -0.381 e. The molecule has 1 aliphatic carbocycles. The van der Waals surface area contributed by atoms with Crippen molar-refractivity contribution in [2.24, 2.45) is 5.92 Å². The second kappa shape index (κ2) is 5.31. The van der Waals surface area contributed by atoms with Gasteiger partial charge < -0.3 is 5.73 Å². The number of imidazole rings is 1. The zero-order chi connectivity index (χ0) is 15.0. The summed E-state index contributed by atoms with van der Waals surface area (Å²) >= 11 is 0. The van der Waals surface area contributed by atoms with E-state index < -0.39 is 10.0 Å². The molecule has 0 atom stereocenters. The average molecular weight is 308 g/mol. The molecule has 6 nitrogen and oxygen atoms in total. The normalized spacial score (nSPS) is 16.5. The lowest BCUT2D eigenvalue weighted by Crippen LogP contribution is -2.38. The van der Waals surface area contributed by atoms with Crippen LogP contribution < -0.4 is 5.73 Å². The van der Waals surface area contributed by atoms with Crippen molar-refractivity contribution in [3.8, 4) is 0 Å². The number of nitrogens with two attached hydrogens (primary N) is 1. The van der Waals surface area contributed by atoms with Crippen LogP contribution in [0.25, 0.3) is 5.65 Å². The van der Waals surface area contributed by atoms with Crippen molar-refractivity contribution in [3.63, 3.8) is 0 Å². The minimum atomic E-state index is -3.63. The maximum atomic E-state index is 12.9. The van der Waals surface area contributed by atoms with Crippen LogP contribution in [-0.4, -0.2) is 35.2 Å². The van der Waals surface area contributed by atoms with Crippen molar-refractivity contribution in [2.75, 3.05) is 18.8 Å². The number of anilines is 1. The lowest BCUT2D eigenvalue weighted by molar-refractivity contribution is 0.249. The molecule has 21 heavy (non-hydrogen) atoms. The maximum Gasteiger partial charge on any atom is 0.262 e. The molecule has 1 fully saturated rings. The van der Waals surface area contributed by atoms with Crippen LogP contribution in [0, 0.1) is 5.92 Å². The summed E-state index contributed by atoms with van der Waals surface area (Å²) in [5.41, 5.74) is 6.42. The Hall–Kier alpha value is -1.60. The molecule has 0 radical (unpaired) electrons. The summed E-state index contributed by atoms with van der Waals surface area (Å²) < 4.78 is 28.9. The molecule has 0 aliphatic heterocycles. The summed E-state index contributed by atoms with van der Waals surface area (Å²) in [6.07, 6.45) is 5.09. The van der Waals surface area contributed by atoms with Gasteiger partial charge in [0.2, 0.25) is 0 Å². The molecule has 114 valence electrons. The van der Waals surface area contributed by atoms with E-state index in [2.05, 4.69) is 4.98 Å². The third-order valence-corrected chi connectivity index (χ3v) is 6.12. The van der Waals surface area contributed by atoms with Gasteiger partial charge in [-0.05, 0) is 30.9 Å². The van der Waals surface area contributed by atoms with Gasteiger partial charge in [-0.1, -0.05) is 19.4 Å². The number of fused-ring (bicyclic) bond motifs is 1. The fourth-order valence-electron chi connectivity index (χ4n) is 2.73. The molecule has 1 saturated carbocycles. The molecular weight excluding hydrogens is 288 g/mol. The van der Waals surface area contributed by atoms with E-state index in [4.69, 9.17) is 5.73 Å². The summed E-state index contributed by atoms with van der Waals surface area (Å²) in [5, 5.41) is 0.0827. The van der Waals surface area contributed by atoms with Crippen LogP contribution in [0.1, 0.15) is 26.2 Å². The number of pyridine rings is 1. The van der Waals surface area contributed by atoms with E-state index in [0.29, 0.717) is 24.7 Å². The molecule has 0 aromatic carbocycles. The molecule has 7 heteroatoms. The lowest BCUT2D eigenvalue weighted by atomic mass is 9.85. The second-order valence-corrected chi connectivity index (χ2v) is 7.34. The van der Waals surface area contributed by atoms with Crippen LogP contribution in [-0.2, 0) is 10.0 Å². The number of hydrogen-bond donors (Lipinski definition) is 1. The topological polar surface area (TPSA) is 80.7 Å². The highest BCUT2D eigenvalue weighted by atomic mass is 32.2. The molecule has 2 aromatic heterocycles. The lowest BCUT2D eigenvalue weighted by Gasteiger charge is -2.31. The van der Waals surface area contributed by atoms with Gasteiger partial charge >= 0.3 is 0 Å². The highest BCUT2D eigenvalue weighted by molar-refractivity contribution is 7.89. The average Bonchev–Trinajstić information content (AvgIpc) is 2.73. The van der Waals surface area contributed by atoms with Crippen LogP contribution in [0.2, 0.25) is 0 Å². The third-order valence-electron chi connectivity index (χ3n) is 4.13. The van der Waals surface area contributed by atoms with E-state index in [0.717, 1.165) is 12.8 Å². The number of nitrogen functional groups attached to an aromatic ring is 1. The highest BCUT2D eigenvalue weighted by Gasteiger charge is 2.32. The number of aromatic nitrogens is 2. The Labute approximate surface area is 124 Å². The van der Waals surface area contributed by atoms with Gasteiger partial charge in [0.15, 0.2) is 10.8 Å². The molecular formula is C14H20N4O2S. The third kappa shape index (κ3) is 2.40. The molecule has 0 bridgehead atoms. The summed E-state index contributed by atoms with van der Waals surface area (Å²) in [4.78, 5) is 4.14. The van der Waals surface area contributed by atoms with E-state index in [1.54, 1.807) is 22.7 Å². The van der Waals surface area contributed by atoms with Crippen molar-refractivity contribution in [1.82, 2.24) is 13.7 Å². The molecule has 2 aromatic rings. The van der Waals surface area contributed by atoms with Gasteiger partial charge in [0, 0.05) is 19.3 Å². The maximum absolute atomic E-state index is 12.9. The highest BCUT2D eigenvalue weighted by Crippen LogP contribution is 2.30. The van der Waals surface area contributed by atoms with Crippen molar-refractivity contribution in [1.29, 1.82) is 0 Å². The van der Waals surface area contributed by atoms with Crippen LogP contribution in [0.15, 0.2) is 29.4 Å². The number of sulfonamides is 1. The first-order valence-electron chi connectivity index (χ1n) is 7.26. The Morgan fingerprint density at radius 3 is 2.81 bits per heavy atom. The number of hydrogen-bond acceptors (Lipinski definition) is 4. The van der Waals surface area contributed by atoms with Gasteiger partial charge in [-0.15, -0.1) is 0 Å². The predicted octanol–water partition coefficient (Wildman–Crippen LogP) is 1.73. The van der Waals surface area contributed by atoms with Crippen molar-refractivity contribution < 1.29 is 8.42 Å². The molecule has 0 spiro atoms. The van der Waals surface area contributed by atoms with Gasteiger partial charge in [0.05, 0.1) is 0 Å². The zero-order valence-electron chi connectivity index (χ0n) is 12.1. The molecule has 2 heterocycles. The van der Waals surface area contributed by atoms with Gasteiger partial charge in [-0.25, -0.2) is 13.4 Å². The largest absolute Gasteiger partial charge is 0.381 e. The first kappa shape index (κ1) is 14.3. The fraction of sp³-hybridized carbons (Fsp3) is 0.500. The molecule has 1 aliphatic rings. The molecule has 0 saturated heterocycles. The number of rotatable bonds is 5. The molecule has 2 N–H and O–H groups in total. The Kier molecular flexibility index (Phi) is 3.62. The van der Waals surface area contributed by atoms with Gasteiger partial charge in [-0.3, -0.25) is 4.40 Å². The van der Waals surface area contributed by atoms with Crippen LogP contribution in [0.4, 0.5) is 5.82 Å². The SMILES string of the molecule is CCN(CC1CCC1)S(=O)(=O)c1c(N)nc2ccccn12. The van der Waals surface area contributed by atoms with Crippen molar-refractivity contribution >= 4 is 21.5 Å². The van der Waals surface area contributed by atoms with Gasteiger partial charge in [0.25, 0.3) is 10.0 Å². The molecule has 0 unspecified atom stereocenters. The van der Waals surface area contributed by atoms with Gasteiger partial charge in [0.1, 0.15) is 5.65 Å². The van der Waals surface area contributed by atoms with E-state index in [-0.39, 0.29) is 10.8 Å². The van der Waals surface area contributed by atoms with Gasteiger partial charge in [-0.2, -0.15) is 4.31 Å². The summed E-state index contributed by atoms with van der Waals surface area (Å²) in [6, 6.07) is 5.33. The second-order valence-electron chi connectivity index (χ2n) is 5.48. The van der Waals surface area contributed by atoms with Crippen molar-refractivity contribution in [3.05, 3.63) is 24.4 Å². The molecule has 0 amide bonds. The molecule has 3 rings (SSSR count). The Morgan fingerprint density at radius 1 is 1.43 bits per heavy atom. The number of nitrogens with zero attached hydrogens (tertiary/aromatic N) is 3. The predicted molar refractivity (Wildman–Crippen MR) is 81.4 cm³/mol. The first-order chi connectivity index (χ1) is 10.0. The standard InChI is InChI=1S/C14H20N4O2S/c1-2-17(10-11-6-5-7-11)21(19,20)14-13(15)16-12-8-3-4-9-18(12)14/h3-4,8-9,11H,2,5-7,10,15H2,1H3. The fourth-order valence-corrected chi connectivity index (χ4v) is 4.44. The van der Waals surface area contributed by atoms with Crippen molar-refractivity contribution in [2.45, 2.75) is 31.2 Å². The quantitative estimate of drug-likeness (QED) is 0.912. The Balaban J connectivity index is 2.04. The summed E-state index contributed by atoms with van der Waals surface area (Å²) in [6.45, 7) is 2.87. The monoisotopic (exact) mass is 308 g/mol. The van der Waals surface area contributed by atoms with Crippen LogP contribution in [0.5, 0.6) is 0 Å². The summed E-state index contributed by atoms with van der Waals surface area (Å²) in [7, 11) is -3.63.